The Labute approximate surface area is 616 Å². The zero-order valence-electron chi connectivity index (χ0n) is 64.7. The molecule has 0 amide bonds. The number of aromatic amines is 2. The number of furan rings is 2. The Bertz CT molecular complexity index is 3580. The molecular formula is C89H124N4O2S4. The van der Waals surface area contributed by atoms with E-state index in [1.807, 2.05) is 90.0 Å². The van der Waals surface area contributed by atoms with Crippen LogP contribution in [0.4, 0.5) is 0 Å². The molecule has 10 heterocycles. The van der Waals surface area contributed by atoms with E-state index in [2.05, 4.69) is 346 Å². The van der Waals surface area contributed by atoms with Gasteiger partial charge in [0.2, 0.25) is 0 Å². The predicted molar refractivity (Wildman–Crippen MR) is 444 cm³/mol. The molecule has 0 radical (unpaired) electrons. The molecule has 10 heteroatoms. The van der Waals surface area contributed by atoms with Crippen LogP contribution in [0.2, 0.25) is 0 Å². The molecule has 3 aromatic carbocycles. The zero-order chi connectivity index (χ0) is 73.4. The van der Waals surface area contributed by atoms with Gasteiger partial charge >= 0.3 is 0 Å². The summed E-state index contributed by atoms with van der Waals surface area (Å²) in [6, 6.07) is 54.9. The van der Waals surface area contributed by atoms with E-state index >= 15 is 0 Å². The first kappa shape index (κ1) is 85.9. The molecule has 13 rings (SSSR count). The fourth-order valence-corrected chi connectivity index (χ4v) is 13.1. The molecule has 0 bridgehead atoms. The average Bonchev–Trinajstić information content (AvgIpc) is 1.70. The van der Waals surface area contributed by atoms with E-state index in [4.69, 9.17) is 8.83 Å². The summed E-state index contributed by atoms with van der Waals surface area (Å²) in [6.07, 6.45) is 17.4. The van der Waals surface area contributed by atoms with Crippen LogP contribution in [-0.2, 0) is 14.1 Å². The van der Waals surface area contributed by atoms with Crippen molar-refractivity contribution < 1.29 is 8.83 Å². The number of hydrogen-bond acceptors (Lipinski definition) is 6. The fraction of sp³-hybridized carbons (Fsp3) is 0.393. The van der Waals surface area contributed by atoms with Crippen molar-refractivity contribution in [3.63, 3.8) is 0 Å². The lowest BCUT2D eigenvalue weighted by molar-refractivity contribution is 0.487. The maximum atomic E-state index is 5.09. The quantitative estimate of drug-likeness (QED) is 0.136. The minimum Gasteiger partial charge on any atom is -0.472 e. The number of benzene rings is 3. The summed E-state index contributed by atoms with van der Waals surface area (Å²) >= 11 is 7.35. The number of hydrogen-bond donors (Lipinski definition) is 2. The van der Waals surface area contributed by atoms with Gasteiger partial charge in [0.15, 0.2) is 0 Å². The molecule has 536 valence electrons. The van der Waals surface area contributed by atoms with Crippen LogP contribution < -0.4 is 0 Å². The molecule has 0 saturated heterocycles. The van der Waals surface area contributed by atoms with Crippen molar-refractivity contribution in [2.75, 3.05) is 0 Å². The van der Waals surface area contributed by atoms with Gasteiger partial charge in [0.25, 0.3) is 0 Å². The third kappa shape index (κ3) is 34.1. The maximum absolute atomic E-state index is 5.09. The highest BCUT2D eigenvalue weighted by molar-refractivity contribution is 7.19. The van der Waals surface area contributed by atoms with Gasteiger partial charge in [0.05, 0.1) is 18.8 Å². The standard InChI is InChI=1S/2C11H12S.C9H12.2C8H13N.2C7H11N.2C7H10O.2C7H10S/c1-8(2)10-7-12-11-6-4-3-5-9(10)11;1-8(2)11-7-9-5-3-4-6-10(9)12-11;1-8(2)9-6-4-3-5-7-9;1-7(2)8-4-5-9(3)6-8;1-7(2)8-5-4-6-9(8)3;1-6(2)7-3-4-8-5-7;1-6(2)7-4-3-5-8-7;1-6(2)7-3-4-8-5-7;1-6(2)7-4-3-5-8-7;1-6(2)7-3-4-8-5-7;1-6(2)7-4-3-5-8-7/h2*3-8H,1-2H3;3-8H,1-2H3;2*4-7H,1-3H3;2*3-6,8H,1-2H3;4*3-6H,1-2H3. The SMILES string of the molecule is CC(C)c1cc2ccccc2s1.CC(C)c1cc[nH]c1.CC(C)c1ccc[nH]1.CC(C)c1ccccc1.CC(C)c1cccn1C.CC(C)c1ccco1.CC(C)c1cccs1.CC(C)c1ccn(C)c1.CC(C)c1ccoc1.CC(C)c1ccsc1.CC(C)c1csc2ccccc12. The van der Waals surface area contributed by atoms with E-state index in [0.29, 0.717) is 65.1 Å². The molecule has 0 spiro atoms. The number of H-pyrrole nitrogens is 2. The summed E-state index contributed by atoms with van der Waals surface area (Å²) < 4.78 is 17.0. The van der Waals surface area contributed by atoms with Gasteiger partial charge in [-0.2, -0.15) is 11.3 Å². The molecule has 0 fully saturated rings. The fourth-order valence-electron chi connectivity index (χ4n) is 9.36. The van der Waals surface area contributed by atoms with Gasteiger partial charge < -0.3 is 27.9 Å². The molecule has 99 heavy (non-hydrogen) atoms. The molecule has 0 aliphatic rings. The van der Waals surface area contributed by atoms with Gasteiger partial charge in [-0.25, -0.2) is 0 Å². The first-order chi connectivity index (χ1) is 47.1. The van der Waals surface area contributed by atoms with Gasteiger partial charge in [-0.05, 0) is 210 Å². The molecule has 0 aliphatic carbocycles. The van der Waals surface area contributed by atoms with Crippen LogP contribution in [0, 0.1) is 0 Å². The third-order valence-electron chi connectivity index (χ3n) is 15.9. The monoisotopic (exact) mass is 1410 g/mol. The minimum absolute atomic E-state index is 0.519. The van der Waals surface area contributed by atoms with Crippen LogP contribution >= 0.6 is 45.3 Å². The molecule has 6 nitrogen and oxygen atoms in total. The van der Waals surface area contributed by atoms with E-state index in [1.165, 1.54) is 74.7 Å². The van der Waals surface area contributed by atoms with Gasteiger partial charge in [-0.1, -0.05) is 225 Å². The van der Waals surface area contributed by atoms with Crippen molar-refractivity contribution >= 4 is 65.5 Å². The van der Waals surface area contributed by atoms with Crippen molar-refractivity contribution in [1.82, 2.24) is 19.1 Å². The third-order valence-corrected chi connectivity index (χ3v) is 20.2. The Morgan fingerprint density at radius 2 is 1.04 bits per heavy atom. The van der Waals surface area contributed by atoms with E-state index in [0.717, 1.165) is 5.76 Å². The maximum Gasteiger partial charge on any atom is 0.106 e. The molecule has 0 unspecified atom stereocenters. The second-order valence-electron chi connectivity index (χ2n) is 28.1. The van der Waals surface area contributed by atoms with Gasteiger partial charge in [-0.15, -0.1) is 34.0 Å². The smallest absolute Gasteiger partial charge is 0.106 e. The van der Waals surface area contributed by atoms with Gasteiger partial charge in [0, 0.05) is 87.7 Å². The van der Waals surface area contributed by atoms with Crippen molar-refractivity contribution in [1.29, 1.82) is 0 Å². The van der Waals surface area contributed by atoms with Crippen LogP contribution in [0.25, 0.3) is 20.2 Å². The minimum atomic E-state index is 0.519. The summed E-state index contributed by atoms with van der Waals surface area (Å²) in [6.45, 7) is 48.3. The Hall–Kier alpha value is -7.34. The highest BCUT2D eigenvalue weighted by atomic mass is 32.1. The number of fused-ring (bicyclic) bond motifs is 2. The first-order valence-electron chi connectivity index (χ1n) is 35.7. The van der Waals surface area contributed by atoms with Crippen LogP contribution in [0.15, 0.2) is 244 Å². The topological polar surface area (TPSA) is 67.7 Å². The van der Waals surface area contributed by atoms with Crippen molar-refractivity contribution in [2.24, 2.45) is 14.1 Å². The summed E-state index contributed by atoms with van der Waals surface area (Å²) in [7, 11) is 4.13. The highest BCUT2D eigenvalue weighted by Crippen LogP contribution is 2.32. The van der Waals surface area contributed by atoms with Crippen LogP contribution in [0.1, 0.15) is 278 Å². The number of rotatable bonds is 11. The Kier molecular flexibility index (Phi) is 41.3. The second-order valence-corrected chi connectivity index (χ2v) is 31.8. The predicted octanol–water partition coefficient (Wildman–Crippen LogP) is 30.0. The van der Waals surface area contributed by atoms with E-state index in [-0.39, 0.29) is 0 Å². The summed E-state index contributed by atoms with van der Waals surface area (Å²) in [4.78, 5) is 9.11. The molecule has 13 aromatic rings. The number of nitrogens with one attached hydrogen (secondary N) is 2. The summed E-state index contributed by atoms with van der Waals surface area (Å²) in [5, 5.41) is 11.5. The number of nitrogens with zero attached hydrogens (tertiary/aromatic N) is 2. The van der Waals surface area contributed by atoms with Crippen LogP contribution in [0.5, 0.6) is 0 Å². The molecule has 0 aliphatic heterocycles. The van der Waals surface area contributed by atoms with Gasteiger partial charge in [0.1, 0.15) is 5.76 Å². The van der Waals surface area contributed by atoms with Gasteiger partial charge in [-0.3, -0.25) is 0 Å². The number of thiophene rings is 4. The van der Waals surface area contributed by atoms with E-state index in [1.54, 1.807) is 30.1 Å². The summed E-state index contributed by atoms with van der Waals surface area (Å²) in [5.41, 5.74) is 11.1. The van der Waals surface area contributed by atoms with Crippen LogP contribution in [-0.4, -0.2) is 19.1 Å². The Morgan fingerprint density at radius 3 is 1.39 bits per heavy atom. The van der Waals surface area contributed by atoms with Crippen molar-refractivity contribution in [3.8, 4) is 0 Å². The molecule has 0 saturated carbocycles. The highest BCUT2D eigenvalue weighted by Gasteiger charge is 2.07. The lowest BCUT2D eigenvalue weighted by atomic mass is 10.0. The largest absolute Gasteiger partial charge is 0.472 e. The van der Waals surface area contributed by atoms with E-state index in [9.17, 15) is 0 Å². The Morgan fingerprint density at radius 1 is 0.404 bits per heavy atom. The summed E-state index contributed by atoms with van der Waals surface area (Å²) in [5.74, 6) is 8.11. The lowest BCUT2D eigenvalue weighted by Gasteiger charge is -2.04. The zero-order valence-corrected chi connectivity index (χ0v) is 68.0. The first-order valence-corrected chi connectivity index (χ1v) is 39.2. The lowest BCUT2D eigenvalue weighted by Crippen LogP contribution is -1.95. The Balaban J connectivity index is 0.000000284. The molecular weight excluding hydrogens is 1290 g/mol. The van der Waals surface area contributed by atoms with E-state index < -0.39 is 0 Å². The normalized spacial score (nSPS) is 10.6. The molecule has 0 atom stereocenters. The molecule has 10 aromatic heterocycles. The average molecular weight is 1410 g/mol. The van der Waals surface area contributed by atoms with Crippen LogP contribution in [0.3, 0.4) is 0 Å². The van der Waals surface area contributed by atoms with Crippen molar-refractivity contribution in [3.05, 3.63) is 295 Å². The number of aromatic nitrogens is 4. The van der Waals surface area contributed by atoms with Crippen molar-refractivity contribution in [2.45, 2.75) is 217 Å². The molecule has 2 N–H and O–H groups in total. The second kappa shape index (κ2) is 47.7. The number of aryl methyl sites for hydroxylation is 2.